The number of amides is 2. The summed E-state index contributed by atoms with van der Waals surface area (Å²) >= 11 is 0. The third-order valence-electron chi connectivity index (χ3n) is 4.74. The molecule has 1 aromatic heterocycles. The average molecular weight is 343 g/mol. The molecule has 0 saturated heterocycles. The normalized spacial score (nSPS) is 15.2. The maximum absolute atomic E-state index is 12.8. The molecule has 4 N–H and O–H groups in total. The molecule has 0 spiro atoms. The summed E-state index contributed by atoms with van der Waals surface area (Å²) in [7, 11) is 0. The van der Waals surface area contributed by atoms with Crippen LogP contribution in [0.5, 0.6) is 5.88 Å². The summed E-state index contributed by atoms with van der Waals surface area (Å²) < 4.78 is 0.859. The maximum Gasteiger partial charge on any atom is 0.326 e. The second kappa shape index (κ2) is 6.58. The minimum absolute atomic E-state index is 0.0251. The molecule has 2 amide bonds. The summed E-state index contributed by atoms with van der Waals surface area (Å²) in [5.41, 5.74) is 5.78. The molecule has 3 rings (SSSR count). The lowest BCUT2D eigenvalue weighted by Gasteiger charge is -2.22. The molecule has 1 heterocycles. The predicted molar refractivity (Wildman–Crippen MR) is 92.9 cm³/mol. The highest BCUT2D eigenvalue weighted by Gasteiger charge is 2.28. The van der Waals surface area contributed by atoms with Gasteiger partial charge >= 0.3 is 6.03 Å². The molecule has 0 radical (unpaired) electrons. The van der Waals surface area contributed by atoms with Gasteiger partial charge in [-0.15, -0.1) is 0 Å². The van der Waals surface area contributed by atoms with Gasteiger partial charge in [0.1, 0.15) is 5.56 Å². The molecule has 1 aliphatic rings. The van der Waals surface area contributed by atoms with Crippen molar-refractivity contribution in [3.8, 4) is 5.88 Å². The van der Waals surface area contributed by atoms with Crippen LogP contribution >= 0.6 is 0 Å². The summed E-state index contributed by atoms with van der Waals surface area (Å²) in [6.45, 7) is 1.37. The topological polar surface area (TPSA) is 114 Å². The van der Waals surface area contributed by atoms with Crippen molar-refractivity contribution < 1.29 is 19.5 Å². The van der Waals surface area contributed by atoms with E-state index in [-0.39, 0.29) is 33.9 Å². The largest absolute Gasteiger partial charge is 0.494 e. The molecular formula is C18H21N3O4. The van der Waals surface area contributed by atoms with Crippen LogP contribution < -0.4 is 11.1 Å². The van der Waals surface area contributed by atoms with E-state index < -0.39 is 17.8 Å². The molecule has 132 valence electrons. The van der Waals surface area contributed by atoms with Gasteiger partial charge in [-0.05, 0) is 25.8 Å². The minimum atomic E-state index is -0.917. The fraction of sp³-hybridized carbons (Fsp3) is 0.389. The Morgan fingerprint density at radius 3 is 2.48 bits per heavy atom. The van der Waals surface area contributed by atoms with E-state index in [2.05, 4.69) is 5.32 Å². The number of aromatic hydroxyl groups is 1. The van der Waals surface area contributed by atoms with Crippen LogP contribution in [0.1, 0.15) is 59.7 Å². The number of rotatable bonds is 3. The molecule has 0 unspecified atom stereocenters. The van der Waals surface area contributed by atoms with Gasteiger partial charge in [-0.3, -0.25) is 9.59 Å². The molecule has 0 bridgehead atoms. The highest BCUT2D eigenvalue weighted by atomic mass is 16.3. The molecule has 0 atom stereocenters. The number of hydrogen-bond acceptors (Lipinski definition) is 4. The van der Waals surface area contributed by atoms with Crippen LogP contribution in [0.3, 0.4) is 0 Å². The summed E-state index contributed by atoms with van der Waals surface area (Å²) in [5, 5.41) is 13.6. The Bertz CT molecular complexity index is 863. The van der Waals surface area contributed by atoms with Crippen LogP contribution in [0.4, 0.5) is 4.79 Å². The number of aromatic nitrogens is 1. The van der Waals surface area contributed by atoms with Crippen molar-refractivity contribution in [1.29, 1.82) is 0 Å². The molecule has 0 aliphatic heterocycles. The van der Waals surface area contributed by atoms with E-state index in [1.54, 1.807) is 18.2 Å². The van der Waals surface area contributed by atoms with Gasteiger partial charge < -0.3 is 16.2 Å². The van der Waals surface area contributed by atoms with Crippen molar-refractivity contribution >= 4 is 28.6 Å². The Balaban J connectivity index is 2.15. The number of Topliss-reactive ketones (excluding diaryl/α,β-unsaturated/α-hetero) is 1. The predicted octanol–water partition coefficient (Wildman–Crippen LogP) is 2.54. The zero-order valence-corrected chi connectivity index (χ0v) is 14.0. The number of carbonyl (C=O) groups excluding carboxylic acids is 3. The number of hydrogen-bond donors (Lipinski definition) is 3. The monoisotopic (exact) mass is 343 g/mol. The third kappa shape index (κ3) is 2.97. The average Bonchev–Trinajstić information content (AvgIpc) is 2.87. The minimum Gasteiger partial charge on any atom is -0.494 e. The van der Waals surface area contributed by atoms with Gasteiger partial charge in [0, 0.05) is 17.0 Å². The van der Waals surface area contributed by atoms with Crippen LogP contribution in [-0.2, 0) is 0 Å². The molecule has 7 heteroatoms. The maximum atomic E-state index is 12.8. The van der Waals surface area contributed by atoms with Crippen LogP contribution in [0.15, 0.2) is 18.2 Å². The first kappa shape index (κ1) is 17.0. The number of nitrogens with two attached hydrogens (primary N) is 1. The van der Waals surface area contributed by atoms with E-state index in [0.717, 1.165) is 36.7 Å². The third-order valence-corrected chi connectivity index (χ3v) is 4.74. The van der Waals surface area contributed by atoms with Crippen LogP contribution in [0, 0.1) is 0 Å². The van der Waals surface area contributed by atoms with E-state index in [1.165, 1.54) is 6.92 Å². The van der Waals surface area contributed by atoms with Gasteiger partial charge in [0.2, 0.25) is 5.88 Å². The fourth-order valence-electron chi connectivity index (χ4n) is 3.56. The first-order valence-corrected chi connectivity index (χ1v) is 8.39. The molecule has 2 aromatic rings. The van der Waals surface area contributed by atoms with Crippen LogP contribution in [0.2, 0.25) is 0 Å². The summed E-state index contributed by atoms with van der Waals surface area (Å²) in [6.07, 6.45) is 4.98. The molecule has 7 nitrogen and oxygen atoms in total. The SMILES string of the molecule is CC(=O)c1cccc2c1c(C(=O)NC1CCCCC1)c(O)n2C(N)=O. The van der Waals surface area contributed by atoms with Crippen molar-refractivity contribution in [3.05, 3.63) is 29.3 Å². The lowest BCUT2D eigenvalue weighted by atomic mass is 9.95. The van der Waals surface area contributed by atoms with Gasteiger partial charge in [-0.1, -0.05) is 31.4 Å². The van der Waals surface area contributed by atoms with Gasteiger partial charge in [0.25, 0.3) is 5.91 Å². The van der Waals surface area contributed by atoms with Crippen LogP contribution in [0.25, 0.3) is 10.9 Å². The second-order valence-corrected chi connectivity index (χ2v) is 6.44. The molecule has 1 fully saturated rings. The van der Waals surface area contributed by atoms with Gasteiger partial charge in [0.05, 0.1) is 5.52 Å². The van der Waals surface area contributed by atoms with Crippen molar-refractivity contribution in [2.75, 3.05) is 0 Å². The zero-order valence-electron chi connectivity index (χ0n) is 14.0. The Morgan fingerprint density at radius 1 is 1.20 bits per heavy atom. The molecule has 1 saturated carbocycles. The van der Waals surface area contributed by atoms with Crippen molar-refractivity contribution in [2.45, 2.75) is 45.1 Å². The Morgan fingerprint density at radius 2 is 1.88 bits per heavy atom. The number of nitrogens with one attached hydrogen (secondary N) is 1. The Kier molecular flexibility index (Phi) is 4.48. The Labute approximate surface area is 144 Å². The number of carbonyl (C=O) groups is 3. The van der Waals surface area contributed by atoms with Crippen molar-refractivity contribution in [1.82, 2.24) is 9.88 Å². The zero-order chi connectivity index (χ0) is 18.1. The van der Waals surface area contributed by atoms with E-state index in [1.807, 2.05) is 0 Å². The summed E-state index contributed by atoms with van der Waals surface area (Å²) in [5.74, 6) is -1.30. The van der Waals surface area contributed by atoms with E-state index in [0.29, 0.717) is 0 Å². The quantitative estimate of drug-likeness (QED) is 0.743. The lowest BCUT2D eigenvalue weighted by molar-refractivity contribution is 0.0926. The lowest BCUT2D eigenvalue weighted by Crippen LogP contribution is -2.36. The van der Waals surface area contributed by atoms with Crippen LogP contribution in [-0.4, -0.2) is 33.4 Å². The summed E-state index contributed by atoms with van der Waals surface area (Å²) in [4.78, 5) is 36.5. The van der Waals surface area contributed by atoms with Crippen molar-refractivity contribution in [3.63, 3.8) is 0 Å². The molecule has 1 aliphatic carbocycles. The number of ketones is 1. The molecular weight excluding hydrogens is 322 g/mol. The van der Waals surface area contributed by atoms with Crippen molar-refractivity contribution in [2.24, 2.45) is 5.73 Å². The number of benzene rings is 1. The molecule has 25 heavy (non-hydrogen) atoms. The first-order valence-electron chi connectivity index (χ1n) is 8.39. The first-order chi connectivity index (χ1) is 11.9. The smallest absolute Gasteiger partial charge is 0.326 e. The number of nitrogens with zero attached hydrogens (tertiary/aromatic N) is 1. The van der Waals surface area contributed by atoms with E-state index >= 15 is 0 Å². The summed E-state index contributed by atoms with van der Waals surface area (Å²) in [6, 6.07) is 3.80. The fourth-order valence-corrected chi connectivity index (χ4v) is 3.56. The van der Waals surface area contributed by atoms with Gasteiger partial charge in [0.15, 0.2) is 5.78 Å². The van der Waals surface area contributed by atoms with E-state index in [9.17, 15) is 19.5 Å². The Hall–Kier alpha value is -2.83. The van der Waals surface area contributed by atoms with Gasteiger partial charge in [-0.25, -0.2) is 9.36 Å². The van der Waals surface area contributed by atoms with Gasteiger partial charge in [-0.2, -0.15) is 0 Å². The number of fused-ring (bicyclic) bond motifs is 1. The molecule has 1 aromatic carbocycles. The second-order valence-electron chi connectivity index (χ2n) is 6.44. The standard InChI is InChI=1S/C18H21N3O4/c1-10(22)12-8-5-9-13-14(12)15(17(24)21(13)18(19)25)16(23)20-11-6-3-2-4-7-11/h5,8-9,11,24H,2-4,6-7H2,1H3,(H2,19,25)(H,20,23). The highest BCUT2D eigenvalue weighted by molar-refractivity contribution is 6.18. The number of primary amides is 1. The highest BCUT2D eigenvalue weighted by Crippen LogP contribution is 2.34. The van der Waals surface area contributed by atoms with E-state index in [4.69, 9.17) is 5.73 Å².